The number of allylic oxidation sites excluding steroid dienone is 2. The first kappa shape index (κ1) is 14.7. The summed E-state index contributed by atoms with van der Waals surface area (Å²) in [4.78, 5) is 4.46. The Morgan fingerprint density at radius 3 is 2.88 bits per heavy atom. The first-order valence-electron chi connectivity index (χ1n) is 7.63. The predicted octanol–water partition coefficient (Wildman–Crippen LogP) is 3.93. The lowest BCUT2D eigenvalue weighted by atomic mass is 9.99. The molecule has 2 aromatic heterocycles. The highest BCUT2D eigenvalue weighted by molar-refractivity contribution is 6.05. The van der Waals surface area contributed by atoms with Gasteiger partial charge in [-0.3, -0.25) is 0 Å². The van der Waals surface area contributed by atoms with Crippen LogP contribution in [0.3, 0.4) is 0 Å². The van der Waals surface area contributed by atoms with Crippen LogP contribution < -0.4 is 14.2 Å². The third-order valence-electron chi connectivity index (χ3n) is 4.11. The Labute approximate surface area is 138 Å². The predicted molar refractivity (Wildman–Crippen MR) is 89.0 cm³/mol. The Hall–Kier alpha value is -2.89. The van der Waals surface area contributed by atoms with E-state index in [-0.39, 0.29) is 12.5 Å². The largest absolute Gasteiger partial charge is 0.503 e. The number of phenolic OH excluding ortho intramolecular Hbond substituents is 1. The number of aromatic hydroxyl groups is 1. The van der Waals surface area contributed by atoms with Gasteiger partial charge in [-0.2, -0.15) is 0 Å². The van der Waals surface area contributed by atoms with Gasteiger partial charge in [0.1, 0.15) is 11.3 Å². The maximum Gasteiger partial charge on any atom is 0.231 e. The van der Waals surface area contributed by atoms with Gasteiger partial charge in [0, 0.05) is 5.56 Å². The van der Waals surface area contributed by atoms with Gasteiger partial charge in [-0.15, -0.1) is 0 Å². The van der Waals surface area contributed by atoms with Crippen LogP contribution in [0.2, 0.25) is 0 Å². The van der Waals surface area contributed by atoms with Crippen molar-refractivity contribution in [1.82, 2.24) is 4.98 Å². The molecule has 0 spiro atoms. The number of benzene rings is 1. The first-order valence-corrected chi connectivity index (χ1v) is 7.63. The van der Waals surface area contributed by atoms with Crippen LogP contribution in [0.25, 0.3) is 22.0 Å². The summed E-state index contributed by atoms with van der Waals surface area (Å²) in [7, 11) is 1.59. The number of hydrogen-bond acceptors (Lipinski definition) is 6. The number of methoxy groups -OCH3 is 1. The van der Waals surface area contributed by atoms with E-state index in [2.05, 4.69) is 11.1 Å². The van der Waals surface area contributed by atoms with Crippen molar-refractivity contribution in [2.45, 2.75) is 20.3 Å². The van der Waals surface area contributed by atoms with Crippen molar-refractivity contribution in [3.8, 4) is 23.0 Å². The van der Waals surface area contributed by atoms with Crippen molar-refractivity contribution in [1.29, 1.82) is 0 Å². The smallest absolute Gasteiger partial charge is 0.231 e. The van der Waals surface area contributed by atoms with Crippen molar-refractivity contribution < 1.29 is 23.7 Å². The molecule has 1 N–H and O–H groups in total. The summed E-state index contributed by atoms with van der Waals surface area (Å²) in [5.74, 6) is 1.41. The monoisotopic (exact) mass is 327 g/mol. The number of hydrogen-bond donors (Lipinski definition) is 1. The Morgan fingerprint density at radius 1 is 1.33 bits per heavy atom. The van der Waals surface area contributed by atoms with Crippen LogP contribution in [-0.2, 0) is 6.42 Å². The van der Waals surface area contributed by atoms with Crippen LogP contribution in [-0.4, -0.2) is 24.0 Å². The number of fused-ring (bicyclic) bond motifs is 3. The van der Waals surface area contributed by atoms with Crippen molar-refractivity contribution in [3.63, 3.8) is 0 Å². The molecular weight excluding hydrogens is 310 g/mol. The van der Waals surface area contributed by atoms with E-state index in [9.17, 15) is 5.11 Å². The molecule has 0 saturated carbocycles. The van der Waals surface area contributed by atoms with Gasteiger partial charge < -0.3 is 23.7 Å². The molecule has 0 atom stereocenters. The quantitative estimate of drug-likeness (QED) is 0.735. The molecule has 6 heteroatoms. The Kier molecular flexibility index (Phi) is 3.26. The molecule has 0 bridgehead atoms. The van der Waals surface area contributed by atoms with E-state index in [0.29, 0.717) is 40.3 Å². The van der Waals surface area contributed by atoms with Crippen LogP contribution in [0.5, 0.6) is 23.0 Å². The normalized spacial score (nSPS) is 12.8. The van der Waals surface area contributed by atoms with Gasteiger partial charge in [-0.25, -0.2) is 4.98 Å². The second-order valence-electron chi connectivity index (χ2n) is 5.89. The maximum absolute atomic E-state index is 10.6. The van der Waals surface area contributed by atoms with Gasteiger partial charge in [0.05, 0.1) is 24.1 Å². The summed E-state index contributed by atoms with van der Waals surface area (Å²) in [6.45, 7) is 4.13. The molecule has 1 aliphatic rings. The van der Waals surface area contributed by atoms with Crippen LogP contribution in [0.1, 0.15) is 19.4 Å². The molecule has 0 fully saturated rings. The lowest BCUT2D eigenvalue weighted by molar-refractivity contribution is 0.171. The average Bonchev–Trinajstić information content (AvgIpc) is 3.21. The number of nitrogens with zero attached hydrogens (tertiary/aromatic N) is 1. The molecule has 0 aliphatic carbocycles. The Bertz CT molecular complexity index is 982. The number of furan rings is 1. The van der Waals surface area contributed by atoms with E-state index < -0.39 is 0 Å². The highest BCUT2D eigenvalue weighted by Crippen LogP contribution is 2.51. The highest BCUT2D eigenvalue weighted by atomic mass is 16.7. The number of rotatable bonds is 3. The minimum atomic E-state index is -0.0601. The minimum absolute atomic E-state index is 0.0601. The van der Waals surface area contributed by atoms with Crippen LogP contribution in [0, 0.1) is 0 Å². The molecule has 0 unspecified atom stereocenters. The van der Waals surface area contributed by atoms with E-state index in [1.54, 1.807) is 19.4 Å². The van der Waals surface area contributed by atoms with Gasteiger partial charge in [0.15, 0.2) is 11.5 Å². The Balaban J connectivity index is 2.17. The molecule has 3 aromatic rings. The molecule has 24 heavy (non-hydrogen) atoms. The Morgan fingerprint density at radius 2 is 2.12 bits per heavy atom. The second-order valence-corrected chi connectivity index (χ2v) is 5.89. The molecule has 0 radical (unpaired) electrons. The molecule has 3 heterocycles. The fraction of sp³-hybridized carbons (Fsp3) is 0.278. The lowest BCUT2D eigenvalue weighted by Gasteiger charge is -2.14. The van der Waals surface area contributed by atoms with E-state index in [0.717, 1.165) is 10.9 Å². The second kappa shape index (κ2) is 5.33. The SMILES string of the molecule is COc1c2ccoc2nc2c(O)c3c(c(CC=C(C)C)c12)OCO3. The number of ether oxygens (including phenoxy) is 3. The topological polar surface area (TPSA) is 74.0 Å². The summed E-state index contributed by atoms with van der Waals surface area (Å²) in [5.41, 5.74) is 2.85. The van der Waals surface area contributed by atoms with Crippen molar-refractivity contribution in [2.75, 3.05) is 13.9 Å². The van der Waals surface area contributed by atoms with E-state index in [4.69, 9.17) is 18.6 Å². The molecular formula is C18H17NO5. The average molecular weight is 327 g/mol. The van der Waals surface area contributed by atoms with Gasteiger partial charge in [0.25, 0.3) is 0 Å². The zero-order valence-electron chi connectivity index (χ0n) is 13.7. The highest BCUT2D eigenvalue weighted by Gasteiger charge is 2.29. The first-order chi connectivity index (χ1) is 11.6. The van der Waals surface area contributed by atoms with Gasteiger partial charge in [0.2, 0.25) is 18.3 Å². The molecule has 0 amide bonds. The summed E-state index contributed by atoms with van der Waals surface area (Å²) >= 11 is 0. The molecule has 1 aliphatic heterocycles. The van der Waals surface area contributed by atoms with Crippen molar-refractivity contribution in [2.24, 2.45) is 0 Å². The number of pyridine rings is 1. The molecule has 1 aromatic carbocycles. The number of aromatic nitrogens is 1. The minimum Gasteiger partial charge on any atom is -0.503 e. The van der Waals surface area contributed by atoms with Gasteiger partial charge in [-0.05, 0) is 26.3 Å². The van der Waals surface area contributed by atoms with Gasteiger partial charge in [-0.1, -0.05) is 11.6 Å². The van der Waals surface area contributed by atoms with Crippen molar-refractivity contribution >= 4 is 22.0 Å². The van der Waals surface area contributed by atoms with Gasteiger partial charge >= 0.3 is 0 Å². The van der Waals surface area contributed by atoms with Crippen LogP contribution in [0.15, 0.2) is 28.4 Å². The molecule has 0 saturated heterocycles. The van der Waals surface area contributed by atoms with Crippen molar-refractivity contribution in [3.05, 3.63) is 29.5 Å². The zero-order valence-corrected chi connectivity index (χ0v) is 13.7. The van der Waals surface area contributed by atoms with E-state index in [1.165, 1.54) is 5.57 Å². The third-order valence-corrected chi connectivity index (χ3v) is 4.11. The van der Waals surface area contributed by atoms with E-state index >= 15 is 0 Å². The van der Waals surface area contributed by atoms with Crippen LogP contribution in [0.4, 0.5) is 0 Å². The molecule has 6 nitrogen and oxygen atoms in total. The summed E-state index contributed by atoms with van der Waals surface area (Å²) in [6, 6.07) is 1.80. The summed E-state index contributed by atoms with van der Waals surface area (Å²) in [6.07, 6.45) is 4.26. The third kappa shape index (κ3) is 1.99. The van der Waals surface area contributed by atoms with E-state index in [1.807, 2.05) is 13.8 Å². The van der Waals surface area contributed by atoms with Crippen LogP contribution >= 0.6 is 0 Å². The zero-order chi connectivity index (χ0) is 16.8. The number of phenols is 1. The summed E-state index contributed by atoms with van der Waals surface area (Å²) in [5, 5.41) is 12.1. The summed E-state index contributed by atoms with van der Waals surface area (Å²) < 4.78 is 22.1. The fourth-order valence-electron chi connectivity index (χ4n) is 3.02. The lowest BCUT2D eigenvalue weighted by Crippen LogP contribution is -1.97. The molecule has 4 rings (SSSR count). The molecule has 124 valence electrons. The fourth-order valence-corrected chi connectivity index (χ4v) is 3.02. The maximum atomic E-state index is 10.6. The standard InChI is InChI=1S/C18H17NO5/c1-9(2)4-5-10-12-13(14(20)17-16(10)23-8-24-17)19-18-11(6-7-22-18)15(12)21-3/h4,6-7,20H,5,8H2,1-3H3.